The summed E-state index contributed by atoms with van der Waals surface area (Å²) in [5.74, 6) is 0.670. The van der Waals surface area contributed by atoms with Gasteiger partial charge in [-0.1, -0.05) is 36.7 Å². The molecule has 140 valence electrons. The molecule has 0 aliphatic rings. The van der Waals surface area contributed by atoms with Gasteiger partial charge in [0.25, 0.3) is 11.4 Å². The van der Waals surface area contributed by atoms with Crippen LogP contribution in [-0.2, 0) is 11.3 Å². The van der Waals surface area contributed by atoms with Crippen LogP contribution in [0.15, 0.2) is 45.8 Å². The number of carbonyl (C=O) groups is 1. The first kappa shape index (κ1) is 18.8. The molecule has 0 fully saturated rings. The van der Waals surface area contributed by atoms with Crippen LogP contribution in [-0.4, -0.2) is 20.6 Å². The first-order valence-corrected chi connectivity index (χ1v) is 8.82. The summed E-state index contributed by atoms with van der Waals surface area (Å²) in [6.45, 7) is 5.58. The monoisotopic (exact) mass is 386 g/mol. The summed E-state index contributed by atoms with van der Waals surface area (Å²) < 4.78 is 6.54. The molecule has 8 heteroatoms. The Balaban J connectivity index is 1.81. The number of hydrogen-bond acceptors (Lipinski definition) is 5. The Labute approximate surface area is 161 Å². The molecule has 1 aromatic carbocycles. The van der Waals surface area contributed by atoms with Gasteiger partial charge in [0.1, 0.15) is 6.54 Å². The fourth-order valence-corrected chi connectivity index (χ4v) is 2.63. The van der Waals surface area contributed by atoms with Gasteiger partial charge in [-0.3, -0.25) is 9.59 Å². The number of nitrogens with one attached hydrogen (secondary N) is 1. The SMILES string of the molecule is Cc1c(Cl)cccc1NC(=O)Cn1cc(-c2nc(C(C)C)no2)ccc1=O. The van der Waals surface area contributed by atoms with Crippen LogP contribution < -0.4 is 10.9 Å². The Hall–Kier alpha value is -2.93. The van der Waals surface area contributed by atoms with E-state index in [1.165, 1.54) is 16.8 Å². The van der Waals surface area contributed by atoms with Crippen molar-refractivity contribution in [1.29, 1.82) is 0 Å². The van der Waals surface area contributed by atoms with Gasteiger partial charge in [0, 0.05) is 28.9 Å². The number of pyridine rings is 1. The van der Waals surface area contributed by atoms with Crippen molar-refractivity contribution in [2.24, 2.45) is 0 Å². The average molecular weight is 387 g/mol. The van der Waals surface area contributed by atoms with Crippen LogP contribution in [0.5, 0.6) is 0 Å². The van der Waals surface area contributed by atoms with E-state index in [1.807, 2.05) is 20.8 Å². The first-order chi connectivity index (χ1) is 12.8. The highest BCUT2D eigenvalue weighted by molar-refractivity contribution is 6.31. The molecule has 0 aliphatic heterocycles. The van der Waals surface area contributed by atoms with E-state index < -0.39 is 0 Å². The van der Waals surface area contributed by atoms with Gasteiger partial charge >= 0.3 is 0 Å². The second kappa shape index (κ2) is 7.75. The van der Waals surface area contributed by atoms with Gasteiger partial charge in [-0.05, 0) is 30.7 Å². The Kier molecular flexibility index (Phi) is 5.41. The Morgan fingerprint density at radius 3 is 2.78 bits per heavy atom. The standard InChI is InChI=1S/C19H19ClN4O3/c1-11(2)18-22-19(27-23-18)13-7-8-17(26)24(9-13)10-16(25)21-15-6-4-5-14(20)12(15)3/h4-9,11H,10H2,1-3H3,(H,21,25). The fraction of sp³-hybridized carbons (Fsp3) is 0.263. The summed E-state index contributed by atoms with van der Waals surface area (Å²) in [6, 6.07) is 8.21. The lowest BCUT2D eigenvalue weighted by atomic mass is 10.2. The predicted octanol–water partition coefficient (Wildman–Crippen LogP) is 3.62. The number of benzene rings is 1. The van der Waals surface area contributed by atoms with E-state index in [0.29, 0.717) is 28.0 Å². The van der Waals surface area contributed by atoms with E-state index in [2.05, 4.69) is 15.5 Å². The molecular formula is C19H19ClN4O3. The van der Waals surface area contributed by atoms with Gasteiger partial charge in [0.15, 0.2) is 5.82 Å². The van der Waals surface area contributed by atoms with E-state index >= 15 is 0 Å². The van der Waals surface area contributed by atoms with Crippen molar-refractivity contribution in [3.8, 4) is 11.5 Å². The van der Waals surface area contributed by atoms with Crippen LogP contribution in [0.3, 0.4) is 0 Å². The molecule has 1 amide bonds. The minimum Gasteiger partial charge on any atom is -0.334 e. The van der Waals surface area contributed by atoms with Gasteiger partial charge in [-0.25, -0.2) is 0 Å². The molecule has 2 heterocycles. The maximum atomic E-state index is 12.4. The maximum Gasteiger partial charge on any atom is 0.259 e. The molecule has 0 spiro atoms. The highest BCUT2D eigenvalue weighted by Gasteiger charge is 2.14. The highest BCUT2D eigenvalue weighted by Crippen LogP contribution is 2.23. The summed E-state index contributed by atoms with van der Waals surface area (Å²) in [5.41, 5.74) is 1.64. The Morgan fingerprint density at radius 1 is 1.30 bits per heavy atom. The van der Waals surface area contributed by atoms with E-state index in [-0.39, 0.29) is 23.9 Å². The summed E-state index contributed by atoms with van der Waals surface area (Å²) in [4.78, 5) is 28.8. The zero-order chi connectivity index (χ0) is 19.6. The largest absolute Gasteiger partial charge is 0.334 e. The summed E-state index contributed by atoms with van der Waals surface area (Å²) in [7, 11) is 0. The van der Waals surface area contributed by atoms with Crippen molar-refractivity contribution in [1.82, 2.24) is 14.7 Å². The molecule has 3 aromatic rings. The molecule has 0 saturated carbocycles. The van der Waals surface area contributed by atoms with Crippen LogP contribution in [0.25, 0.3) is 11.5 Å². The number of halogens is 1. The number of hydrogen-bond donors (Lipinski definition) is 1. The Morgan fingerprint density at radius 2 is 2.07 bits per heavy atom. The molecule has 0 saturated heterocycles. The third kappa shape index (κ3) is 4.25. The molecule has 0 radical (unpaired) electrons. The van der Waals surface area contributed by atoms with Gasteiger partial charge in [-0.15, -0.1) is 0 Å². The molecule has 27 heavy (non-hydrogen) atoms. The molecule has 0 atom stereocenters. The highest BCUT2D eigenvalue weighted by atomic mass is 35.5. The fourth-order valence-electron chi connectivity index (χ4n) is 2.46. The molecule has 0 aliphatic carbocycles. The minimum atomic E-state index is -0.340. The summed E-state index contributed by atoms with van der Waals surface area (Å²) in [5, 5.41) is 7.24. The van der Waals surface area contributed by atoms with Crippen molar-refractivity contribution in [3.63, 3.8) is 0 Å². The topological polar surface area (TPSA) is 90.0 Å². The number of rotatable bonds is 5. The van der Waals surface area contributed by atoms with Crippen molar-refractivity contribution in [2.45, 2.75) is 33.2 Å². The molecule has 3 rings (SSSR count). The quantitative estimate of drug-likeness (QED) is 0.723. The molecule has 2 aromatic heterocycles. The summed E-state index contributed by atoms with van der Waals surface area (Å²) >= 11 is 6.07. The minimum absolute atomic E-state index is 0.125. The van der Waals surface area contributed by atoms with E-state index in [1.54, 1.807) is 24.3 Å². The average Bonchev–Trinajstić information content (AvgIpc) is 3.11. The van der Waals surface area contributed by atoms with Crippen LogP contribution >= 0.6 is 11.6 Å². The van der Waals surface area contributed by atoms with E-state index in [9.17, 15) is 9.59 Å². The van der Waals surface area contributed by atoms with Crippen molar-refractivity contribution < 1.29 is 9.32 Å². The van der Waals surface area contributed by atoms with Crippen LogP contribution in [0.2, 0.25) is 5.02 Å². The second-order valence-corrected chi connectivity index (χ2v) is 6.86. The Bertz CT molecular complexity index is 1040. The lowest BCUT2D eigenvalue weighted by Gasteiger charge is -2.11. The molecule has 0 bridgehead atoms. The summed E-state index contributed by atoms with van der Waals surface area (Å²) in [6.07, 6.45) is 1.53. The van der Waals surface area contributed by atoms with Gasteiger partial charge in [0.2, 0.25) is 5.91 Å². The van der Waals surface area contributed by atoms with Gasteiger partial charge < -0.3 is 14.4 Å². The predicted molar refractivity (Wildman–Crippen MR) is 103 cm³/mol. The van der Waals surface area contributed by atoms with Crippen molar-refractivity contribution in [2.75, 3.05) is 5.32 Å². The zero-order valence-electron chi connectivity index (χ0n) is 15.2. The maximum absolute atomic E-state index is 12.4. The van der Waals surface area contributed by atoms with Gasteiger partial charge in [0.05, 0.1) is 5.56 Å². The molecule has 7 nitrogen and oxygen atoms in total. The van der Waals surface area contributed by atoms with Crippen LogP contribution in [0, 0.1) is 6.92 Å². The van der Waals surface area contributed by atoms with Crippen LogP contribution in [0.1, 0.15) is 31.2 Å². The molecular weight excluding hydrogens is 368 g/mol. The van der Waals surface area contributed by atoms with E-state index in [4.69, 9.17) is 16.1 Å². The second-order valence-electron chi connectivity index (χ2n) is 6.46. The smallest absolute Gasteiger partial charge is 0.259 e. The number of nitrogens with zero attached hydrogens (tertiary/aromatic N) is 3. The normalized spacial score (nSPS) is 11.0. The number of amides is 1. The number of aromatic nitrogens is 3. The van der Waals surface area contributed by atoms with E-state index in [0.717, 1.165) is 5.56 Å². The third-order valence-corrected chi connectivity index (χ3v) is 4.45. The third-order valence-electron chi connectivity index (χ3n) is 4.04. The number of anilines is 1. The molecule has 0 unspecified atom stereocenters. The van der Waals surface area contributed by atoms with Gasteiger partial charge in [-0.2, -0.15) is 4.98 Å². The zero-order valence-corrected chi connectivity index (χ0v) is 15.9. The number of carbonyl (C=O) groups excluding carboxylic acids is 1. The van der Waals surface area contributed by atoms with Crippen molar-refractivity contribution in [3.05, 3.63) is 63.3 Å². The lowest BCUT2D eigenvalue weighted by Crippen LogP contribution is -2.27. The van der Waals surface area contributed by atoms with Crippen LogP contribution in [0.4, 0.5) is 5.69 Å². The first-order valence-electron chi connectivity index (χ1n) is 8.44. The lowest BCUT2D eigenvalue weighted by molar-refractivity contribution is -0.116. The molecule has 1 N–H and O–H groups in total. The van der Waals surface area contributed by atoms with Crippen molar-refractivity contribution >= 4 is 23.2 Å².